The van der Waals surface area contributed by atoms with Gasteiger partial charge in [0.2, 0.25) is 0 Å². The Kier molecular flexibility index (Phi) is 4.27. The van der Waals surface area contributed by atoms with Crippen LogP contribution in [-0.2, 0) is 12.0 Å². The van der Waals surface area contributed by atoms with Crippen molar-refractivity contribution in [1.29, 1.82) is 0 Å². The number of rotatable bonds is 4. The average Bonchev–Trinajstić information content (AvgIpc) is 2.80. The number of thiazole rings is 1. The summed E-state index contributed by atoms with van der Waals surface area (Å²) in [5, 5.41) is 12.4. The second kappa shape index (κ2) is 5.81. The van der Waals surface area contributed by atoms with Gasteiger partial charge in [-0.05, 0) is 19.1 Å². The fourth-order valence-corrected chi connectivity index (χ4v) is 2.51. The van der Waals surface area contributed by atoms with Crippen LogP contribution in [0.25, 0.3) is 0 Å². The zero-order valence-electron chi connectivity index (χ0n) is 12.6. The first-order valence-electron chi connectivity index (χ1n) is 6.66. The quantitative estimate of drug-likeness (QED) is 0.905. The highest BCUT2D eigenvalue weighted by molar-refractivity contribution is 7.09. The highest BCUT2D eigenvalue weighted by Crippen LogP contribution is 2.24. The van der Waals surface area contributed by atoms with Crippen LogP contribution in [-0.4, -0.2) is 21.0 Å². The van der Waals surface area contributed by atoms with E-state index in [1.807, 2.05) is 27.7 Å². The Morgan fingerprint density at radius 3 is 2.62 bits per heavy atom. The molecule has 0 atom stereocenters. The summed E-state index contributed by atoms with van der Waals surface area (Å²) in [5.74, 6) is -0.368. The fourth-order valence-electron chi connectivity index (χ4n) is 1.80. The molecule has 0 aromatic carbocycles. The van der Waals surface area contributed by atoms with E-state index in [4.69, 9.17) is 0 Å². The van der Waals surface area contributed by atoms with Crippen LogP contribution < -0.4 is 5.32 Å². The van der Waals surface area contributed by atoms with Gasteiger partial charge in [-0.15, -0.1) is 11.3 Å². The molecule has 2 heterocycles. The molecule has 2 aromatic heterocycles. The largest absolute Gasteiger partial charge is 0.478 e. The number of aromatic carboxylic acids is 1. The van der Waals surface area contributed by atoms with Crippen LogP contribution in [0, 0.1) is 6.92 Å². The lowest BCUT2D eigenvalue weighted by molar-refractivity contribution is 0.0696. The molecule has 0 unspecified atom stereocenters. The number of hydrogen-bond donors (Lipinski definition) is 2. The van der Waals surface area contributed by atoms with Gasteiger partial charge >= 0.3 is 5.97 Å². The predicted octanol–water partition coefficient (Wildman–Crippen LogP) is 3.45. The van der Waals surface area contributed by atoms with E-state index in [0.29, 0.717) is 12.4 Å². The molecule has 0 aliphatic rings. The summed E-state index contributed by atoms with van der Waals surface area (Å²) in [6, 6.07) is 3.19. The molecule has 0 radical (unpaired) electrons. The third-order valence-corrected chi connectivity index (χ3v) is 4.05. The number of nitrogens with one attached hydrogen (secondary N) is 1. The Labute approximate surface area is 128 Å². The summed E-state index contributed by atoms with van der Waals surface area (Å²) >= 11 is 1.57. The zero-order valence-corrected chi connectivity index (χ0v) is 13.4. The Hall–Kier alpha value is -1.95. The molecule has 2 rings (SSSR count). The molecule has 2 N–H and O–H groups in total. The maximum absolute atomic E-state index is 11.3. The molecule has 0 amide bonds. The first-order chi connectivity index (χ1) is 9.77. The normalized spacial score (nSPS) is 11.4. The zero-order chi connectivity index (χ0) is 15.6. The standard InChI is InChI=1S/C15H19N3O2S/c1-9-11(21-8-17-9)7-16-13-6-10(14(19)20)5-12(18-13)15(2,3)4/h5-6,8H,7H2,1-4H3,(H,16,18)(H,19,20). The minimum Gasteiger partial charge on any atom is -0.478 e. The smallest absolute Gasteiger partial charge is 0.335 e. The van der Waals surface area contributed by atoms with Crippen molar-refractivity contribution in [2.75, 3.05) is 5.32 Å². The lowest BCUT2D eigenvalue weighted by atomic mass is 9.91. The summed E-state index contributed by atoms with van der Waals surface area (Å²) in [4.78, 5) is 21.1. The molecule has 6 heteroatoms. The lowest BCUT2D eigenvalue weighted by Gasteiger charge is -2.19. The van der Waals surface area contributed by atoms with Crippen LogP contribution in [0.1, 0.15) is 47.4 Å². The predicted molar refractivity (Wildman–Crippen MR) is 84.1 cm³/mol. The number of carboxylic acid groups (broad SMARTS) is 1. The molecular formula is C15H19N3O2S. The number of anilines is 1. The van der Waals surface area contributed by atoms with Crippen molar-refractivity contribution in [1.82, 2.24) is 9.97 Å². The topological polar surface area (TPSA) is 75.1 Å². The van der Waals surface area contributed by atoms with Crippen molar-refractivity contribution >= 4 is 23.1 Å². The van der Waals surface area contributed by atoms with Gasteiger partial charge in [0.1, 0.15) is 5.82 Å². The van der Waals surface area contributed by atoms with Gasteiger partial charge < -0.3 is 10.4 Å². The summed E-state index contributed by atoms with van der Waals surface area (Å²) in [6.07, 6.45) is 0. The number of carbonyl (C=O) groups is 1. The van der Waals surface area contributed by atoms with E-state index in [9.17, 15) is 9.90 Å². The van der Waals surface area contributed by atoms with Gasteiger partial charge in [0, 0.05) is 16.0 Å². The van der Waals surface area contributed by atoms with Crippen LogP contribution >= 0.6 is 11.3 Å². The average molecular weight is 305 g/mol. The fraction of sp³-hybridized carbons (Fsp3) is 0.400. The van der Waals surface area contributed by atoms with E-state index in [-0.39, 0.29) is 11.0 Å². The summed E-state index contributed by atoms with van der Waals surface area (Å²) < 4.78 is 0. The van der Waals surface area contributed by atoms with Crippen LogP contribution in [0.4, 0.5) is 5.82 Å². The van der Waals surface area contributed by atoms with Gasteiger partial charge in [-0.2, -0.15) is 0 Å². The number of nitrogens with zero attached hydrogens (tertiary/aromatic N) is 2. The van der Waals surface area contributed by atoms with Crippen LogP contribution in [0.3, 0.4) is 0 Å². The number of aromatic nitrogens is 2. The van der Waals surface area contributed by atoms with Crippen molar-refractivity contribution < 1.29 is 9.90 Å². The van der Waals surface area contributed by atoms with Gasteiger partial charge in [0.15, 0.2) is 0 Å². The number of hydrogen-bond acceptors (Lipinski definition) is 5. The molecule has 0 aliphatic carbocycles. The SMILES string of the molecule is Cc1ncsc1CNc1cc(C(=O)O)cc(C(C)(C)C)n1. The molecule has 21 heavy (non-hydrogen) atoms. The number of carboxylic acids is 1. The van der Waals surface area contributed by atoms with E-state index in [1.165, 1.54) is 0 Å². The van der Waals surface area contributed by atoms with Crippen molar-refractivity contribution in [3.8, 4) is 0 Å². The van der Waals surface area contributed by atoms with Gasteiger partial charge in [0.25, 0.3) is 0 Å². The Balaban J connectivity index is 2.28. The van der Waals surface area contributed by atoms with Gasteiger partial charge in [-0.1, -0.05) is 20.8 Å². The number of aryl methyl sites for hydroxylation is 1. The molecule has 0 saturated heterocycles. The third kappa shape index (κ3) is 3.78. The second-order valence-electron chi connectivity index (χ2n) is 5.90. The van der Waals surface area contributed by atoms with E-state index in [0.717, 1.165) is 16.3 Å². The number of pyridine rings is 1. The van der Waals surface area contributed by atoms with Crippen molar-refractivity contribution in [2.24, 2.45) is 0 Å². The van der Waals surface area contributed by atoms with E-state index in [2.05, 4.69) is 15.3 Å². The first kappa shape index (κ1) is 15.4. The van der Waals surface area contributed by atoms with E-state index >= 15 is 0 Å². The molecular weight excluding hydrogens is 286 g/mol. The maximum Gasteiger partial charge on any atom is 0.335 e. The summed E-state index contributed by atoms with van der Waals surface area (Å²) in [5.41, 5.74) is 3.58. The summed E-state index contributed by atoms with van der Waals surface area (Å²) in [6.45, 7) is 8.58. The van der Waals surface area contributed by atoms with Gasteiger partial charge in [-0.25, -0.2) is 14.8 Å². The van der Waals surface area contributed by atoms with Crippen LogP contribution in [0.15, 0.2) is 17.6 Å². The monoisotopic (exact) mass is 305 g/mol. The lowest BCUT2D eigenvalue weighted by Crippen LogP contribution is -2.16. The molecule has 0 bridgehead atoms. The Morgan fingerprint density at radius 1 is 1.38 bits per heavy atom. The Morgan fingerprint density at radius 2 is 2.10 bits per heavy atom. The van der Waals surface area contributed by atoms with E-state index < -0.39 is 5.97 Å². The minimum absolute atomic E-state index is 0.206. The molecule has 0 aliphatic heterocycles. The van der Waals surface area contributed by atoms with E-state index in [1.54, 1.807) is 29.0 Å². The molecule has 5 nitrogen and oxygen atoms in total. The molecule has 112 valence electrons. The minimum atomic E-state index is -0.945. The van der Waals surface area contributed by atoms with Crippen LogP contribution in [0.2, 0.25) is 0 Å². The van der Waals surface area contributed by atoms with Crippen LogP contribution in [0.5, 0.6) is 0 Å². The molecule has 0 fully saturated rings. The Bertz CT molecular complexity index is 659. The summed E-state index contributed by atoms with van der Waals surface area (Å²) in [7, 11) is 0. The van der Waals surface area contributed by atoms with Crippen molar-refractivity contribution in [3.05, 3.63) is 39.5 Å². The second-order valence-corrected chi connectivity index (χ2v) is 6.84. The highest BCUT2D eigenvalue weighted by Gasteiger charge is 2.19. The van der Waals surface area contributed by atoms with Crippen molar-refractivity contribution in [2.45, 2.75) is 39.7 Å². The first-order valence-corrected chi connectivity index (χ1v) is 7.54. The van der Waals surface area contributed by atoms with Crippen molar-refractivity contribution in [3.63, 3.8) is 0 Å². The maximum atomic E-state index is 11.3. The molecule has 2 aromatic rings. The molecule has 0 spiro atoms. The highest BCUT2D eigenvalue weighted by atomic mass is 32.1. The van der Waals surface area contributed by atoms with Gasteiger partial charge in [-0.3, -0.25) is 0 Å². The van der Waals surface area contributed by atoms with Gasteiger partial charge in [0.05, 0.1) is 23.3 Å². The molecule has 0 saturated carbocycles. The third-order valence-electron chi connectivity index (χ3n) is 3.12.